The monoisotopic (exact) mass is 361 g/mol. The zero-order valence-corrected chi connectivity index (χ0v) is 15.6. The number of benzene rings is 2. The standard InChI is InChI=1S/C20H19N5O2/c1-12-9-13(2)17(14(3)10-12)27-20-23-18(19(26)25(4)24-20)22-16-7-5-15(11-21)6-8-16/h5-10H,1-4H3,(H,22,23,24). The molecule has 1 heterocycles. The minimum Gasteiger partial charge on any atom is -0.423 e. The van der Waals surface area contributed by atoms with E-state index in [9.17, 15) is 4.79 Å². The Bertz CT molecular complexity index is 1070. The van der Waals surface area contributed by atoms with Gasteiger partial charge in [0.25, 0.3) is 0 Å². The lowest BCUT2D eigenvalue weighted by atomic mass is 10.1. The number of ether oxygens (including phenoxy) is 1. The molecule has 3 rings (SSSR count). The third-order valence-corrected chi connectivity index (χ3v) is 4.01. The molecule has 0 radical (unpaired) electrons. The topological polar surface area (TPSA) is 92.8 Å². The third kappa shape index (κ3) is 3.96. The summed E-state index contributed by atoms with van der Waals surface area (Å²) in [6, 6.07) is 12.9. The van der Waals surface area contributed by atoms with Gasteiger partial charge in [0.05, 0.1) is 11.6 Å². The summed E-state index contributed by atoms with van der Waals surface area (Å²) in [5, 5.41) is 15.9. The molecule has 27 heavy (non-hydrogen) atoms. The Kier molecular flexibility index (Phi) is 4.90. The van der Waals surface area contributed by atoms with E-state index in [0.29, 0.717) is 17.0 Å². The number of aromatic nitrogens is 3. The molecule has 3 aromatic rings. The number of nitrogens with one attached hydrogen (secondary N) is 1. The smallest absolute Gasteiger partial charge is 0.341 e. The molecule has 0 unspecified atom stereocenters. The second-order valence-electron chi connectivity index (χ2n) is 6.32. The molecular formula is C20H19N5O2. The van der Waals surface area contributed by atoms with Gasteiger partial charge in [0.15, 0.2) is 0 Å². The van der Waals surface area contributed by atoms with Gasteiger partial charge >= 0.3 is 11.6 Å². The van der Waals surface area contributed by atoms with Gasteiger partial charge in [0, 0.05) is 12.7 Å². The number of rotatable bonds is 4. The number of hydrogen-bond acceptors (Lipinski definition) is 6. The maximum Gasteiger partial charge on any atom is 0.341 e. The van der Waals surface area contributed by atoms with E-state index in [-0.39, 0.29) is 17.4 Å². The molecule has 1 N–H and O–H groups in total. The zero-order valence-electron chi connectivity index (χ0n) is 15.6. The largest absolute Gasteiger partial charge is 0.423 e. The fraction of sp³-hybridized carbons (Fsp3) is 0.200. The number of aryl methyl sites for hydroxylation is 4. The lowest BCUT2D eigenvalue weighted by molar-refractivity contribution is 0.413. The van der Waals surface area contributed by atoms with E-state index in [1.165, 1.54) is 11.7 Å². The van der Waals surface area contributed by atoms with Crippen molar-refractivity contribution in [2.24, 2.45) is 7.05 Å². The first-order valence-electron chi connectivity index (χ1n) is 8.35. The summed E-state index contributed by atoms with van der Waals surface area (Å²) in [7, 11) is 1.54. The van der Waals surface area contributed by atoms with E-state index in [4.69, 9.17) is 10.00 Å². The molecule has 136 valence electrons. The molecule has 0 atom stereocenters. The van der Waals surface area contributed by atoms with Gasteiger partial charge in [-0.3, -0.25) is 4.79 Å². The van der Waals surface area contributed by atoms with E-state index < -0.39 is 0 Å². The minimum absolute atomic E-state index is 0.0725. The molecule has 0 spiro atoms. The highest BCUT2D eigenvalue weighted by atomic mass is 16.5. The molecule has 0 amide bonds. The molecule has 0 aliphatic carbocycles. The van der Waals surface area contributed by atoms with Crippen LogP contribution in [0.25, 0.3) is 0 Å². The highest BCUT2D eigenvalue weighted by Gasteiger charge is 2.13. The Balaban J connectivity index is 1.94. The first-order chi connectivity index (χ1) is 12.9. The van der Waals surface area contributed by atoms with E-state index in [0.717, 1.165) is 16.7 Å². The van der Waals surface area contributed by atoms with Crippen LogP contribution in [0.2, 0.25) is 0 Å². The summed E-state index contributed by atoms with van der Waals surface area (Å²) in [5.74, 6) is 0.762. The first-order valence-corrected chi connectivity index (χ1v) is 8.35. The number of anilines is 2. The molecule has 7 heteroatoms. The molecule has 1 aromatic heterocycles. The van der Waals surface area contributed by atoms with Crippen LogP contribution in [0.1, 0.15) is 22.3 Å². The Morgan fingerprint density at radius 3 is 2.33 bits per heavy atom. The summed E-state index contributed by atoms with van der Waals surface area (Å²) in [4.78, 5) is 16.6. The highest BCUT2D eigenvalue weighted by molar-refractivity contribution is 5.56. The zero-order chi connectivity index (χ0) is 19.6. The maximum atomic E-state index is 12.3. The average Bonchev–Trinajstić information content (AvgIpc) is 2.63. The van der Waals surface area contributed by atoms with Gasteiger partial charge in [0.2, 0.25) is 5.82 Å². The Morgan fingerprint density at radius 2 is 1.74 bits per heavy atom. The molecule has 0 saturated heterocycles. The van der Waals surface area contributed by atoms with Crippen LogP contribution in [0.15, 0.2) is 41.2 Å². The van der Waals surface area contributed by atoms with Crippen LogP contribution in [0.4, 0.5) is 11.5 Å². The van der Waals surface area contributed by atoms with Gasteiger partial charge in [-0.25, -0.2) is 4.68 Å². The fourth-order valence-electron chi connectivity index (χ4n) is 2.80. The molecule has 2 aromatic carbocycles. The van der Waals surface area contributed by atoms with Crippen molar-refractivity contribution in [2.45, 2.75) is 20.8 Å². The lowest BCUT2D eigenvalue weighted by Gasteiger charge is -2.13. The summed E-state index contributed by atoms with van der Waals surface area (Å²) in [6.45, 7) is 5.92. The Labute approximate surface area is 156 Å². The van der Waals surface area contributed by atoms with Gasteiger partial charge in [-0.05, 0) is 56.2 Å². The second kappa shape index (κ2) is 7.30. The van der Waals surface area contributed by atoms with Crippen molar-refractivity contribution < 1.29 is 4.74 Å². The summed E-state index contributed by atoms with van der Waals surface area (Å²) >= 11 is 0. The molecular weight excluding hydrogens is 342 g/mol. The van der Waals surface area contributed by atoms with Crippen LogP contribution < -0.4 is 15.6 Å². The SMILES string of the molecule is Cc1cc(C)c(Oc2nc(Nc3ccc(C#N)cc3)c(=O)n(C)n2)c(C)c1. The predicted octanol–water partition coefficient (Wildman–Crippen LogP) is 3.51. The first kappa shape index (κ1) is 18.1. The van der Waals surface area contributed by atoms with E-state index in [1.807, 2.05) is 32.9 Å². The highest BCUT2D eigenvalue weighted by Crippen LogP contribution is 2.28. The molecule has 0 aliphatic heterocycles. The van der Waals surface area contributed by atoms with E-state index in [2.05, 4.69) is 21.5 Å². The van der Waals surface area contributed by atoms with Gasteiger partial charge in [-0.2, -0.15) is 10.2 Å². The van der Waals surface area contributed by atoms with E-state index >= 15 is 0 Å². The lowest BCUT2D eigenvalue weighted by Crippen LogP contribution is -2.24. The molecule has 0 bridgehead atoms. The van der Waals surface area contributed by atoms with Crippen LogP contribution >= 0.6 is 0 Å². The number of nitriles is 1. The number of nitrogens with zero attached hydrogens (tertiary/aromatic N) is 4. The predicted molar refractivity (Wildman–Crippen MR) is 102 cm³/mol. The third-order valence-electron chi connectivity index (χ3n) is 4.01. The fourth-order valence-corrected chi connectivity index (χ4v) is 2.80. The van der Waals surface area contributed by atoms with Crippen molar-refractivity contribution in [3.63, 3.8) is 0 Å². The van der Waals surface area contributed by atoms with Crippen molar-refractivity contribution in [3.8, 4) is 17.8 Å². The summed E-state index contributed by atoms with van der Waals surface area (Å²) in [6.07, 6.45) is 0. The van der Waals surface area contributed by atoms with Crippen LogP contribution in [0, 0.1) is 32.1 Å². The number of hydrogen-bond donors (Lipinski definition) is 1. The van der Waals surface area contributed by atoms with Crippen molar-refractivity contribution in [3.05, 3.63) is 69.0 Å². The van der Waals surface area contributed by atoms with Crippen LogP contribution in [-0.4, -0.2) is 14.8 Å². The van der Waals surface area contributed by atoms with Crippen molar-refractivity contribution >= 4 is 11.5 Å². The average molecular weight is 361 g/mol. The van der Waals surface area contributed by atoms with Crippen molar-refractivity contribution in [2.75, 3.05) is 5.32 Å². The van der Waals surface area contributed by atoms with Gasteiger partial charge < -0.3 is 10.1 Å². The molecule has 0 saturated carbocycles. The minimum atomic E-state index is -0.385. The Morgan fingerprint density at radius 1 is 1.11 bits per heavy atom. The summed E-state index contributed by atoms with van der Waals surface area (Å²) < 4.78 is 7.05. The normalized spacial score (nSPS) is 10.3. The van der Waals surface area contributed by atoms with Gasteiger partial charge in [-0.15, -0.1) is 5.10 Å². The van der Waals surface area contributed by atoms with Gasteiger partial charge in [-0.1, -0.05) is 17.7 Å². The quantitative estimate of drug-likeness (QED) is 0.764. The van der Waals surface area contributed by atoms with Crippen LogP contribution in [-0.2, 0) is 7.05 Å². The second-order valence-corrected chi connectivity index (χ2v) is 6.32. The molecule has 0 aliphatic rings. The van der Waals surface area contributed by atoms with Crippen molar-refractivity contribution in [1.29, 1.82) is 5.26 Å². The van der Waals surface area contributed by atoms with Crippen LogP contribution in [0.5, 0.6) is 11.8 Å². The van der Waals surface area contributed by atoms with Crippen molar-refractivity contribution in [1.82, 2.24) is 14.8 Å². The van der Waals surface area contributed by atoms with Gasteiger partial charge in [0.1, 0.15) is 5.75 Å². The molecule has 7 nitrogen and oxygen atoms in total. The maximum absolute atomic E-state index is 12.3. The van der Waals surface area contributed by atoms with E-state index in [1.54, 1.807) is 24.3 Å². The van der Waals surface area contributed by atoms with Crippen LogP contribution in [0.3, 0.4) is 0 Å². The molecule has 0 fully saturated rings. The summed E-state index contributed by atoms with van der Waals surface area (Å²) in [5.41, 5.74) is 3.85. The Hall–Kier alpha value is -3.66.